The van der Waals surface area contributed by atoms with E-state index in [1.807, 2.05) is 18.2 Å². The smallest absolute Gasteiger partial charge is 0.371 e. The van der Waals surface area contributed by atoms with Gasteiger partial charge in [-0.1, -0.05) is 30.3 Å². The van der Waals surface area contributed by atoms with Crippen LogP contribution in [0, 0.1) is 5.82 Å². The Hall–Kier alpha value is -3.35. The van der Waals surface area contributed by atoms with Crippen molar-refractivity contribution in [3.63, 3.8) is 0 Å². The zero-order chi connectivity index (χ0) is 18.9. The number of nitrogens with zero attached hydrogens (tertiary/aromatic N) is 1. The first kappa shape index (κ1) is 19.0. The van der Waals surface area contributed by atoms with Crippen molar-refractivity contribution in [2.45, 2.75) is 6.54 Å². The van der Waals surface area contributed by atoms with Gasteiger partial charge < -0.3 is 19.8 Å². The van der Waals surface area contributed by atoms with Crippen LogP contribution in [0.15, 0.2) is 66.4 Å². The maximum atomic E-state index is 13.0. The molecule has 0 saturated heterocycles. The Labute approximate surface area is 149 Å². The summed E-state index contributed by atoms with van der Waals surface area (Å²) in [7, 11) is 0. The number of halogens is 1. The van der Waals surface area contributed by atoms with Crippen LogP contribution < -0.4 is 4.74 Å². The summed E-state index contributed by atoms with van der Waals surface area (Å²) in [5.41, 5.74) is 0.655. The van der Waals surface area contributed by atoms with Crippen molar-refractivity contribution in [2.75, 3.05) is 13.2 Å². The summed E-state index contributed by atoms with van der Waals surface area (Å²) < 4.78 is 18.6. The highest BCUT2D eigenvalue weighted by molar-refractivity contribution is 5.96. The molecule has 0 aliphatic carbocycles. The summed E-state index contributed by atoms with van der Waals surface area (Å²) in [4.78, 5) is 24.3. The van der Waals surface area contributed by atoms with Gasteiger partial charge in [0.1, 0.15) is 18.2 Å². The molecule has 0 atom stereocenters. The highest BCUT2D eigenvalue weighted by Crippen LogP contribution is 2.11. The van der Waals surface area contributed by atoms with E-state index in [1.165, 1.54) is 29.2 Å². The number of ether oxygens (including phenoxy) is 1. The standard InChI is InChI=1S/C19H18FNO5/c20-15-8-6-14(7-9-15)13-21(18(23)12-17(22)19(24)25)10-11-26-16-4-2-1-3-5-16/h1-9,12,22H,10-11,13H2,(H,24,25). The number of aliphatic carboxylic acids is 1. The molecule has 0 radical (unpaired) electrons. The molecule has 2 N–H and O–H groups in total. The number of carbonyl (C=O) groups excluding carboxylic acids is 1. The van der Waals surface area contributed by atoms with Gasteiger partial charge in [-0.05, 0) is 29.8 Å². The van der Waals surface area contributed by atoms with Crippen LogP contribution in [0.25, 0.3) is 0 Å². The van der Waals surface area contributed by atoms with Crippen molar-refractivity contribution in [1.82, 2.24) is 4.90 Å². The lowest BCUT2D eigenvalue weighted by atomic mass is 10.2. The number of aliphatic hydroxyl groups is 1. The van der Waals surface area contributed by atoms with Crippen molar-refractivity contribution in [3.8, 4) is 5.75 Å². The van der Waals surface area contributed by atoms with Gasteiger partial charge in [-0.3, -0.25) is 4.79 Å². The van der Waals surface area contributed by atoms with E-state index >= 15 is 0 Å². The van der Waals surface area contributed by atoms with Crippen LogP contribution in [0.2, 0.25) is 0 Å². The van der Waals surface area contributed by atoms with Gasteiger partial charge in [0, 0.05) is 6.54 Å². The van der Waals surface area contributed by atoms with Crippen molar-refractivity contribution in [3.05, 3.63) is 77.8 Å². The molecule has 0 aliphatic rings. The minimum atomic E-state index is -1.60. The van der Waals surface area contributed by atoms with Gasteiger partial charge in [0.05, 0.1) is 12.6 Å². The van der Waals surface area contributed by atoms with Gasteiger partial charge in [0.25, 0.3) is 5.91 Å². The van der Waals surface area contributed by atoms with Crippen molar-refractivity contribution < 1.29 is 28.9 Å². The number of benzene rings is 2. The zero-order valence-corrected chi connectivity index (χ0v) is 13.8. The van der Waals surface area contributed by atoms with Crippen molar-refractivity contribution in [1.29, 1.82) is 0 Å². The third kappa shape index (κ3) is 5.94. The number of hydrogen-bond donors (Lipinski definition) is 2. The van der Waals surface area contributed by atoms with E-state index in [2.05, 4.69) is 0 Å². The fraction of sp³-hybridized carbons (Fsp3) is 0.158. The average molecular weight is 359 g/mol. The second kappa shape index (κ2) is 9.22. The molecule has 1 amide bonds. The van der Waals surface area contributed by atoms with Crippen LogP contribution in [0.3, 0.4) is 0 Å². The van der Waals surface area contributed by atoms with Gasteiger partial charge in [0.2, 0.25) is 5.76 Å². The highest BCUT2D eigenvalue weighted by atomic mass is 19.1. The summed E-state index contributed by atoms with van der Waals surface area (Å²) in [6.07, 6.45) is 0.633. The SMILES string of the molecule is O=C(O)C(O)=CC(=O)N(CCOc1ccccc1)Cc1ccc(F)cc1. The molecule has 0 heterocycles. The fourth-order valence-corrected chi connectivity index (χ4v) is 2.14. The Morgan fingerprint density at radius 1 is 1.04 bits per heavy atom. The normalized spacial score (nSPS) is 11.0. The van der Waals surface area contributed by atoms with Gasteiger partial charge in [-0.25, -0.2) is 9.18 Å². The molecular weight excluding hydrogens is 341 g/mol. The monoisotopic (exact) mass is 359 g/mol. The predicted molar refractivity (Wildman–Crippen MR) is 92.1 cm³/mol. The number of carboxylic acid groups (broad SMARTS) is 1. The number of rotatable bonds is 8. The molecule has 2 aromatic rings. The molecule has 136 valence electrons. The van der Waals surface area contributed by atoms with E-state index in [0.29, 0.717) is 17.4 Å². The van der Waals surface area contributed by atoms with Crippen LogP contribution in [-0.2, 0) is 16.1 Å². The van der Waals surface area contributed by atoms with Crippen LogP contribution in [0.5, 0.6) is 5.75 Å². The summed E-state index contributed by atoms with van der Waals surface area (Å²) in [5.74, 6) is -3.11. The van der Waals surface area contributed by atoms with Gasteiger partial charge in [-0.15, -0.1) is 0 Å². The minimum Gasteiger partial charge on any atom is -0.502 e. The molecule has 0 bridgehead atoms. The molecule has 0 fully saturated rings. The van der Waals surface area contributed by atoms with Gasteiger partial charge in [0.15, 0.2) is 0 Å². The van der Waals surface area contributed by atoms with Crippen LogP contribution in [-0.4, -0.2) is 40.1 Å². The Bertz CT molecular complexity index is 774. The molecule has 0 aliphatic heterocycles. The highest BCUT2D eigenvalue weighted by Gasteiger charge is 2.15. The van der Waals surface area contributed by atoms with E-state index in [0.717, 1.165) is 0 Å². The largest absolute Gasteiger partial charge is 0.502 e. The summed E-state index contributed by atoms with van der Waals surface area (Å²) in [6, 6.07) is 14.6. The number of carbonyl (C=O) groups is 2. The first-order valence-electron chi connectivity index (χ1n) is 7.81. The third-order valence-electron chi connectivity index (χ3n) is 3.45. The molecule has 0 unspecified atom stereocenters. The van der Waals surface area contributed by atoms with Crippen LogP contribution in [0.4, 0.5) is 4.39 Å². The Morgan fingerprint density at radius 3 is 2.31 bits per heavy atom. The Kier molecular flexibility index (Phi) is 6.73. The summed E-state index contributed by atoms with van der Waals surface area (Å²) >= 11 is 0. The summed E-state index contributed by atoms with van der Waals surface area (Å²) in [5, 5.41) is 18.0. The molecule has 26 heavy (non-hydrogen) atoms. The summed E-state index contributed by atoms with van der Waals surface area (Å²) in [6.45, 7) is 0.424. The molecule has 0 aromatic heterocycles. The van der Waals surface area contributed by atoms with Gasteiger partial charge in [-0.2, -0.15) is 0 Å². The quantitative estimate of drug-likeness (QED) is 0.559. The van der Waals surface area contributed by atoms with E-state index in [-0.39, 0.29) is 19.7 Å². The van der Waals surface area contributed by atoms with E-state index < -0.39 is 23.5 Å². The number of amides is 1. The molecule has 0 saturated carbocycles. The number of para-hydroxylation sites is 1. The number of hydrogen-bond acceptors (Lipinski definition) is 4. The molecule has 6 nitrogen and oxygen atoms in total. The fourth-order valence-electron chi connectivity index (χ4n) is 2.14. The Morgan fingerprint density at radius 2 is 1.69 bits per heavy atom. The van der Waals surface area contributed by atoms with Crippen molar-refractivity contribution in [2.24, 2.45) is 0 Å². The maximum absolute atomic E-state index is 13.0. The number of aliphatic hydroxyl groups excluding tert-OH is 1. The van der Waals surface area contributed by atoms with E-state index in [9.17, 15) is 19.1 Å². The van der Waals surface area contributed by atoms with E-state index in [4.69, 9.17) is 9.84 Å². The molecule has 0 spiro atoms. The second-order valence-electron chi connectivity index (χ2n) is 5.38. The lowest BCUT2D eigenvalue weighted by Crippen LogP contribution is -2.33. The third-order valence-corrected chi connectivity index (χ3v) is 3.45. The second-order valence-corrected chi connectivity index (χ2v) is 5.38. The topological polar surface area (TPSA) is 87.1 Å². The lowest BCUT2D eigenvalue weighted by Gasteiger charge is -2.21. The van der Waals surface area contributed by atoms with Gasteiger partial charge >= 0.3 is 5.97 Å². The van der Waals surface area contributed by atoms with Crippen LogP contribution in [0.1, 0.15) is 5.56 Å². The predicted octanol–water partition coefficient (Wildman–Crippen LogP) is 2.76. The van der Waals surface area contributed by atoms with E-state index in [1.54, 1.807) is 12.1 Å². The lowest BCUT2D eigenvalue weighted by molar-refractivity contribution is -0.136. The number of carboxylic acids is 1. The average Bonchev–Trinajstić information content (AvgIpc) is 2.63. The maximum Gasteiger partial charge on any atom is 0.371 e. The molecular formula is C19H18FNO5. The minimum absolute atomic E-state index is 0.112. The van der Waals surface area contributed by atoms with Crippen LogP contribution >= 0.6 is 0 Å². The molecule has 2 aromatic carbocycles. The Balaban J connectivity index is 2.06. The van der Waals surface area contributed by atoms with Crippen molar-refractivity contribution >= 4 is 11.9 Å². The first-order valence-corrected chi connectivity index (χ1v) is 7.81. The molecule has 7 heteroatoms. The first-order chi connectivity index (χ1) is 12.5. The molecule has 2 rings (SSSR count). The zero-order valence-electron chi connectivity index (χ0n) is 13.8.